The number of hydrogen-bond donors (Lipinski definition) is 3. The van der Waals surface area contributed by atoms with Gasteiger partial charge >= 0.3 is 5.92 Å². The van der Waals surface area contributed by atoms with Crippen LogP contribution in [0.4, 0.5) is 31.9 Å². The molecule has 3 aliphatic rings. The molecule has 0 radical (unpaired) electrons. The van der Waals surface area contributed by atoms with E-state index in [0.717, 1.165) is 36.4 Å². The first-order chi connectivity index (χ1) is 18.0. The fourth-order valence-electron chi connectivity index (χ4n) is 5.80. The van der Waals surface area contributed by atoms with Crippen molar-refractivity contribution in [2.24, 2.45) is 5.41 Å². The summed E-state index contributed by atoms with van der Waals surface area (Å²) < 4.78 is 29.1. The number of carbonyl (C=O) groups excluding carboxylic acids is 2. The summed E-state index contributed by atoms with van der Waals surface area (Å²) >= 11 is 0. The van der Waals surface area contributed by atoms with Gasteiger partial charge in [0.15, 0.2) is 5.82 Å². The molecular weight excluding hydrogens is 492 g/mol. The third-order valence-electron chi connectivity index (χ3n) is 8.09. The molecule has 38 heavy (non-hydrogen) atoms. The Labute approximate surface area is 221 Å². The van der Waals surface area contributed by atoms with Gasteiger partial charge in [0.2, 0.25) is 5.95 Å². The third-order valence-corrected chi connectivity index (χ3v) is 8.09. The van der Waals surface area contributed by atoms with Gasteiger partial charge in [-0.05, 0) is 88.7 Å². The Bertz CT molecular complexity index is 1240. The Hall–Kier alpha value is -3.34. The highest BCUT2D eigenvalue weighted by Gasteiger charge is 2.48. The molecule has 2 aliphatic heterocycles. The van der Waals surface area contributed by atoms with Crippen molar-refractivity contribution in [1.82, 2.24) is 20.6 Å². The van der Waals surface area contributed by atoms with E-state index in [-0.39, 0.29) is 35.4 Å². The number of fused-ring (bicyclic) bond motifs is 1. The van der Waals surface area contributed by atoms with Gasteiger partial charge in [0.05, 0.1) is 12.7 Å². The number of hydrogen-bond acceptors (Lipinski definition) is 7. The summed E-state index contributed by atoms with van der Waals surface area (Å²) in [7, 11) is 1.30. The smallest absolute Gasteiger partial charge is 0.342 e. The van der Waals surface area contributed by atoms with Crippen molar-refractivity contribution < 1.29 is 18.4 Å². The van der Waals surface area contributed by atoms with Crippen LogP contribution in [0.15, 0.2) is 24.4 Å². The lowest BCUT2D eigenvalue weighted by molar-refractivity contribution is -0.140. The normalized spacial score (nSPS) is 20.7. The average Bonchev–Trinajstić information content (AvgIpc) is 2.93. The maximum Gasteiger partial charge on any atom is 0.342 e. The number of piperidine rings is 1. The molecule has 3 N–H and O–H groups in total. The van der Waals surface area contributed by atoms with Gasteiger partial charge in [0.25, 0.3) is 11.8 Å². The fraction of sp³-hybridized carbons (Fsp3) is 0.556. The van der Waals surface area contributed by atoms with Crippen molar-refractivity contribution in [3.05, 3.63) is 35.5 Å². The number of alkyl halides is 2. The Morgan fingerprint density at radius 2 is 1.92 bits per heavy atom. The minimum Gasteiger partial charge on any atom is -0.349 e. The van der Waals surface area contributed by atoms with Gasteiger partial charge in [0.1, 0.15) is 5.69 Å². The third kappa shape index (κ3) is 4.91. The number of amides is 2. The van der Waals surface area contributed by atoms with Crippen LogP contribution in [0.3, 0.4) is 0 Å². The molecule has 1 spiro atoms. The van der Waals surface area contributed by atoms with Crippen molar-refractivity contribution in [2.45, 2.75) is 64.5 Å². The quantitative estimate of drug-likeness (QED) is 0.546. The second kappa shape index (κ2) is 9.76. The van der Waals surface area contributed by atoms with E-state index in [0.29, 0.717) is 16.7 Å². The molecule has 204 valence electrons. The fourth-order valence-corrected chi connectivity index (χ4v) is 5.80. The molecule has 2 fully saturated rings. The first kappa shape index (κ1) is 26.3. The topological polar surface area (TPSA) is 102 Å². The van der Waals surface area contributed by atoms with E-state index >= 15 is 0 Å². The molecule has 9 nitrogen and oxygen atoms in total. The van der Waals surface area contributed by atoms with Crippen LogP contribution >= 0.6 is 0 Å². The summed E-state index contributed by atoms with van der Waals surface area (Å²) in [6, 6.07) is 5.25. The van der Waals surface area contributed by atoms with Gasteiger partial charge in [-0.3, -0.25) is 9.59 Å². The van der Waals surface area contributed by atoms with Crippen LogP contribution in [0.2, 0.25) is 0 Å². The van der Waals surface area contributed by atoms with Crippen LogP contribution in [0, 0.1) is 12.3 Å². The molecule has 5 rings (SSSR count). The lowest BCUT2D eigenvalue weighted by Crippen LogP contribution is -2.54. The number of benzene rings is 1. The van der Waals surface area contributed by atoms with E-state index in [4.69, 9.17) is 0 Å². The second-order valence-corrected chi connectivity index (χ2v) is 11.2. The van der Waals surface area contributed by atoms with Crippen LogP contribution in [-0.4, -0.2) is 66.5 Å². The number of carbonyl (C=O) groups is 2. The van der Waals surface area contributed by atoms with Crippen molar-refractivity contribution in [2.75, 3.05) is 41.8 Å². The number of anilines is 4. The highest BCUT2D eigenvalue weighted by Crippen LogP contribution is 2.48. The zero-order valence-corrected chi connectivity index (χ0v) is 22.3. The van der Waals surface area contributed by atoms with Gasteiger partial charge in [0, 0.05) is 30.4 Å². The maximum absolute atomic E-state index is 14.6. The first-order valence-electron chi connectivity index (χ1n) is 13.2. The molecule has 1 aromatic heterocycles. The molecule has 1 aliphatic carbocycles. The highest BCUT2D eigenvalue weighted by atomic mass is 19.3. The van der Waals surface area contributed by atoms with E-state index in [1.54, 1.807) is 26.0 Å². The van der Waals surface area contributed by atoms with Crippen LogP contribution in [0.25, 0.3) is 0 Å². The maximum atomic E-state index is 14.6. The lowest BCUT2D eigenvalue weighted by Gasteiger charge is -2.50. The summed E-state index contributed by atoms with van der Waals surface area (Å²) in [6.45, 7) is 6.77. The Balaban J connectivity index is 1.30. The van der Waals surface area contributed by atoms with Gasteiger partial charge in [-0.1, -0.05) is 0 Å². The van der Waals surface area contributed by atoms with Crippen molar-refractivity contribution in [3.8, 4) is 0 Å². The minimum absolute atomic E-state index is 0.0871. The predicted molar refractivity (Wildman–Crippen MR) is 142 cm³/mol. The van der Waals surface area contributed by atoms with Crippen molar-refractivity contribution in [1.29, 1.82) is 0 Å². The molecule has 0 unspecified atom stereocenters. The van der Waals surface area contributed by atoms with E-state index < -0.39 is 18.4 Å². The lowest BCUT2D eigenvalue weighted by atomic mass is 9.60. The number of nitrogens with one attached hydrogen (secondary N) is 3. The summed E-state index contributed by atoms with van der Waals surface area (Å²) in [5.41, 5.74) is 2.70. The molecule has 3 heterocycles. The van der Waals surface area contributed by atoms with Gasteiger partial charge in [-0.25, -0.2) is 4.98 Å². The molecule has 2 aromatic rings. The molecular formula is C27H35F2N7O2. The predicted octanol–water partition coefficient (Wildman–Crippen LogP) is 3.62. The van der Waals surface area contributed by atoms with E-state index in [1.165, 1.54) is 31.0 Å². The summed E-state index contributed by atoms with van der Waals surface area (Å²) in [4.78, 5) is 36.3. The highest BCUT2D eigenvalue weighted by molar-refractivity contribution is 6.02. The largest absolute Gasteiger partial charge is 0.349 e. The second-order valence-electron chi connectivity index (χ2n) is 11.2. The molecule has 0 atom stereocenters. The van der Waals surface area contributed by atoms with Crippen LogP contribution in [0.1, 0.15) is 55.5 Å². The zero-order valence-electron chi connectivity index (χ0n) is 22.3. The SMILES string of the molecule is Cc1cc(C(=O)NC2CC3(CCNCC3)C2)ccc1Nc1ncc2c(n1)N(C(C)C)CC(F)(F)C(=O)N2C. The Kier molecular flexibility index (Phi) is 6.75. The molecule has 1 saturated carbocycles. The molecule has 1 aromatic carbocycles. The molecule has 11 heteroatoms. The van der Waals surface area contributed by atoms with E-state index in [9.17, 15) is 18.4 Å². The number of aromatic nitrogens is 2. The van der Waals surface area contributed by atoms with Crippen LogP contribution in [-0.2, 0) is 4.79 Å². The standard InChI is InChI=1S/C27H35F2N7O2/c1-16(2)36-15-27(28,29)24(38)35(4)21-14-31-25(34-22(21)36)33-20-6-5-18(11-17(20)3)23(37)32-19-12-26(13-19)7-9-30-10-8-26/h5-6,11,14,16,19,30H,7-10,12-13,15H2,1-4H3,(H,32,37)(H,31,33,34). The first-order valence-corrected chi connectivity index (χ1v) is 13.2. The minimum atomic E-state index is -3.55. The summed E-state index contributed by atoms with van der Waals surface area (Å²) in [5.74, 6) is -4.46. The zero-order chi connectivity index (χ0) is 27.2. The monoisotopic (exact) mass is 527 g/mol. The van der Waals surface area contributed by atoms with E-state index in [2.05, 4.69) is 25.9 Å². The number of rotatable bonds is 5. The summed E-state index contributed by atoms with van der Waals surface area (Å²) in [6.07, 6.45) is 5.80. The molecule has 2 amide bonds. The van der Waals surface area contributed by atoms with E-state index in [1.807, 2.05) is 13.0 Å². The van der Waals surface area contributed by atoms with Crippen LogP contribution in [0.5, 0.6) is 0 Å². The average molecular weight is 528 g/mol. The number of halogens is 2. The molecule has 0 bridgehead atoms. The number of aryl methyl sites for hydroxylation is 1. The van der Waals surface area contributed by atoms with Gasteiger partial charge in [-0.2, -0.15) is 13.8 Å². The van der Waals surface area contributed by atoms with Crippen molar-refractivity contribution in [3.63, 3.8) is 0 Å². The number of nitrogens with zero attached hydrogens (tertiary/aromatic N) is 4. The van der Waals surface area contributed by atoms with Crippen molar-refractivity contribution >= 4 is 35.0 Å². The summed E-state index contributed by atoms with van der Waals surface area (Å²) in [5, 5.41) is 9.71. The van der Waals surface area contributed by atoms with Gasteiger partial charge < -0.3 is 25.8 Å². The Morgan fingerprint density at radius 1 is 1.21 bits per heavy atom. The molecule has 1 saturated heterocycles. The Morgan fingerprint density at radius 3 is 2.58 bits per heavy atom. The van der Waals surface area contributed by atoms with Crippen LogP contribution < -0.4 is 25.8 Å². The van der Waals surface area contributed by atoms with Gasteiger partial charge in [-0.15, -0.1) is 0 Å².